The molecule has 0 aliphatic rings. The van der Waals surface area contributed by atoms with Crippen molar-refractivity contribution < 1.29 is 13.5 Å². The lowest BCUT2D eigenvalue weighted by molar-refractivity contribution is 0.467. The molecule has 0 amide bonds. The molecular weight excluding hydrogens is 268 g/mol. The fourth-order valence-electron chi connectivity index (χ4n) is 1.52. The van der Waals surface area contributed by atoms with Crippen LogP contribution < -0.4 is 10.5 Å². The van der Waals surface area contributed by atoms with E-state index in [1.165, 1.54) is 35.3 Å². The summed E-state index contributed by atoms with van der Waals surface area (Å²) in [5, 5.41) is 9.53. The van der Waals surface area contributed by atoms with E-state index in [0.29, 0.717) is 11.3 Å². The average molecular weight is 282 g/mol. The number of hydrogen-bond acceptors (Lipinski definition) is 5. The van der Waals surface area contributed by atoms with Crippen molar-refractivity contribution >= 4 is 15.7 Å². The monoisotopic (exact) mass is 282 g/mol. The zero-order chi connectivity index (χ0) is 14.0. The van der Waals surface area contributed by atoms with Gasteiger partial charge in [0.2, 0.25) is 0 Å². The first-order valence-corrected chi connectivity index (χ1v) is 6.92. The van der Waals surface area contributed by atoms with Gasteiger partial charge in [0, 0.05) is 31.0 Å². The lowest BCUT2D eigenvalue weighted by atomic mass is 10.2. The number of nitrogens with one attached hydrogen (secondary N) is 1. The Morgan fingerprint density at radius 2 is 2.21 bits per heavy atom. The molecule has 0 atom stereocenters. The van der Waals surface area contributed by atoms with E-state index in [1.807, 2.05) is 0 Å². The van der Waals surface area contributed by atoms with Crippen LogP contribution in [-0.2, 0) is 23.6 Å². The zero-order valence-corrected chi connectivity index (χ0v) is 11.1. The van der Waals surface area contributed by atoms with Crippen LogP contribution >= 0.6 is 0 Å². The topological polar surface area (TPSA) is 110 Å². The molecular formula is C11H14N4O3S. The van der Waals surface area contributed by atoms with Gasteiger partial charge in [-0.1, -0.05) is 0 Å². The average Bonchev–Trinajstić information content (AvgIpc) is 2.78. The normalized spacial score (nSPS) is 11.6. The third-order valence-corrected chi connectivity index (χ3v) is 3.80. The minimum absolute atomic E-state index is 0.0158. The summed E-state index contributed by atoms with van der Waals surface area (Å²) in [7, 11) is -2.02. The van der Waals surface area contributed by atoms with Gasteiger partial charge in [0.05, 0.1) is 6.33 Å². The molecule has 102 valence electrons. The molecule has 0 aliphatic heterocycles. The van der Waals surface area contributed by atoms with Gasteiger partial charge < -0.3 is 15.4 Å². The highest BCUT2D eigenvalue weighted by Gasteiger charge is 2.17. The summed E-state index contributed by atoms with van der Waals surface area (Å²) >= 11 is 0. The van der Waals surface area contributed by atoms with Crippen LogP contribution in [0.1, 0.15) is 5.56 Å². The van der Waals surface area contributed by atoms with E-state index in [-0.39, 0.29) is 17.3 Å². The lowest BCUT2D eigenvalue weighted by Gasteiger charge is -2.07. The number of phenolic OH excluding ortho intramolecular Hbond substituents is 1. The van der Waals surface area contributed by atoms with Crippen LogP contribution in [0.4, 0.5) is 5.69 Å². The number of imidazole rings is 1. The maximum absolute atomic E-state index is 11.9. The van der Waals surface area contributed by atoms with Crippen LogP contribution in [0.15, 0.2) is 35.7 Å². The SMILES string of the molecule is Cn1cnc(S(=O)(=O)NCc2cc(N)ccc2O)c1. The molecule has 1 aromatic carbocycles. The van der Waals surface area contributed by atoms with Gasteiger partial charge in [0.1, 0.15) is 5.75 Å². The number of sulfonamides is 1. The van der Waals surface area contributed by atoms with Crippen molar-refractivity contribution in [2.45, 2.75) is 11.6 Å². The Hall–Kier alpha value is -2.06. The molecule has 0 saturated carbocycles. The van der Waals surface area contributed by atoms with Gasteiger partial charge in [0.15, 0.2) is 5.03 Å². The predicted octanol–water partition coefficient (Wildman–Crippen LogP) is 0.186. The molecule has 0 bridgehead atoms. The summed E-state index contributed by atoms with van der Waals surface area (Å²) in [5.74, 6) is -0.0158. The smallest absolute Gasteiger partial charge is 0.259 e. The first-order valence-electron chi connectivity index (χ1n) is 5.43. The fraction of sp³-hybridized carbons (Fsp3) is 0.182. The molecule has 0 radical (unpaired) electrons. The molecule has 2 rings (SSSR count). The van der Waals surface area contributed by atoms with Crippen LogP contribution in [0.2, 0.25) is 0 Å². The van der Waals surface area contributed by atoms with Crippen LogP contribution in [0.25, 0.3) is 0 Å². The maximum atomic E-state index is 11.9. The number of rotatable bonds is 4. The first-order chi connectivity index (χ1) is 8.88. The van der Waals surface area contributed by atoms with Crippen molar-refractivity contribution in [3.05, 3.63) is 36.3 Å². The van der Waals surface area contributed by atoms with E-state index in [4.69, 9.17) is 5.73 Å². The molecule has 0 spiro atoms. The molecule has 0 fully saturated rings. The number of anilines is 1. The largest absolute Gasteiger partial charge is 0.508 e. The summed E-state index contributed by atoms with van der Waals surface area (Å²) in [6.45, 7) is -0.0597. The summed E-state index contributed by atoms with van der Waals surface area (Å²) in [4.78, 5) is 3.77. The van der Waals surface area contributed by atoms with E-state index in [2.05, 4.69) is 9.71 Å². The summed E-state index contributed by atoms with van der Waals surface area (Å²) in [6.07, 6.45) is 2.79. The Morgan fingerprint density at radius 3 is 2.84 bits per heavy atom. The van der Waals surface area contributed by atoms with E-state index < -0.39 is 10.0 Å². The lowest BCUT2D eigenvalue weighted by Crippen LogP contribution is -2.23. The first kappa shape index (κ1) is 13.4. The third-order valence-electron chi connectivity index (χ3n) is 2.51. The number of aromatic nitrogens is 2. The molecule has 0 saturated heterocycles. The Morgan fingerprint density at radius 1 is 1.47 bits per heavy atom. The van der Waals surface area contributed by atoms with E-state index in [1.54, 1.807) is 7.05 Å². The second-order valence-corrected chi connectivity index (χ2v) is 5.80. The minimum Gasteiger partial charge on any atom is -0.508 e. The molecule has 19 heavy (non-hydrogen) atoms. The van der Waals surface area contributed by atoms with Gasteiger partial charge in [-0.3, -0.25) is 0 Å². The Kier molecular flexibility index (Phi) is 3.45. The second kappa shape index (κ2) is 4.90. The number of aromatic hydroxyl groups is 1. The highest BCUT2D eigenvalue weighted by atomic mass is 32.2. The van der Waals surface area contributed by atoms with E-state index in [0.717, 1.165) is 0 Å². The highest BCUT2D eigenvalue weighted by molar-refractivity contribution is 7.89. The number of benzene rings is 1. The van der Waals surface area contributed by atoms with Gasteiger partial charge >= 0.3 is 0 Å². The Labute approximate surface area is 110 Å². The minimum atomic E-state index is -3.70. The Balaban J connectivity index is 2.16. The molecule has 2 aromatic rings. The molecule has 7 nitrogen and oxygen atoms in total. The van der Waals surface area contributed by atoms with Crippen molar-refractivity contribution in [1.29, 1.82) is 0 Å². The molecule has 1 aromatic heterocycles. The number of nitrogens with two attached hydrogens (primary N) is 1. The molecule has 0 unspecified atom stereocenters. The van der Waals surface area contributed by atoms with Crippen LogP contribution in [0.3, 0.4) is 0 Å². The number of aryl methyl sites for hydroxylation is 1. The maximum Gasteiger partial charge on any atom is 0.259 e. The predicted molar refractivity (Wildman–Crippen MR) is 69.8 cm³/mol. The van der Waals surface area contributed by atoms with Gasteiger partial charge in [-0.05, 0) is 18.2 Å². The zero-order valence-electron chi connectivity index (χ0n) is 10.2. The number of nitrogen functional groups attached to an aromatic ring is 1. The third kappa shape index (κ3) is 3.04. The summed E-state index contributed by atoms with van der Waals surface area (Å²) < 4.78 is 27.7. The van der Waals surface area contributed by atoms with Crippen molar-refractivity contribution in [3.63, 3.8) is 0 Å². The molecule has 0 aliphatic carbocycles. The summed E-state index contributed by atoms with van der Waals surface area (Å²) in [5.41, 5.74) is 6.43. The number of nitrogens with zero attached hydrogens (tertiary/aromatic N) is 2. The summed E-state index contributed by atoms with van der Waals surface area (Å²) in [6, 6.07) is 4.46. The van der Waals surface area contributed by atoms with Crippen molar-refractivity contribution in [3.8, 4) is 5.75 Å². The van der Waals surface area contributed by atoms with Crippen molar-refractivity contribution in [2.24, 2.45) is 7.05 Å². The van der Waals surface area contributed by atoms with Gasteiger partial charge in [-0.15, -0.1) is 0 Å². The van der Waals surface area contributed by atoms with Crippen LogP contribution in [0, 0.1) is 0 Å². The van der Waals surface area contributed by atoms with Gasteiger partial charge in [0.25, 0.3) is 10.0 Å². The van der Waals surface area contributed by atoms with Gasteiger partial charge in [-0.2, -0.15) is 0 Å². The highest BCUT2D eigenvalue weighted by Crippen LogP contribution is 2.20. The Bertz CT molecular complexity index is 694. The quantitative estimate of drug-likeness (QED) is 0.547. The molecule has 4 N–H and O–H groups in total. The molecule has 1 heterocycles. The standard InChI is InChI=1S/C11H14N4O3S/c1-15-6-11(13-7-15)19(17,18)14-5-8-4-9(12)2-3-10(8)16/h2-4,6-7,14,16H,5,12H2,1H3. The van der Waals surface area contributed by atoms with Crippen LogP contribution in [-0.4, -0.2) is 23.1 Å². The van der Waals surface area contributed by atoms with E-state index in [9.17, 15) is 13.5 Å². The fourth-order valence-corrected chi connectivity index (χ4v) is 2.51. The van der Waals surface area contributed by atoms with Crippen LogP contribution in [0.5, 0.6) is 5.75 Å². The van der Waals surface area contributed by atoms with Crippen molar-refractivity contribution in [1.82, 2.24) is 14.3 Å². The van der Waals surface area contributed by atoms with E-state index >= 15 is 0 Å². The van der Waals surface area contributed by atoms with Crippen molar-refractivity contribution in [2.75, 3.05) is 5.73 Å². The number of hydrogen-bond donors (Lipinski definition) is 3. The number of phenols is 1. The second-order valence-electron chi connectivity index (χ2n) is 4.09. The molecule has 8 heteroatoms. The van der Waals surface area contributed by atoms with Gasteiger partial charge in [-0.25, -0.2) is 18.1 Å².